The number of carboxylic acid groups (broad SMARTS) is 1. The molecule has 1 aromatic carbocycles. The van der Waals surface area contributed by atoms with Gasteiger partial charge in [0, 0.05) is 6.04 Å². The highest BCUT2D eigenvalue weighted by molar-refractivity contribution is 7.89. The van der Waals surface area contributed by atoms with Gasteiger partial charge in [-0.2, -0.15) is 0 Å². The van der Waals surface area contributed by atoms with E-state index < -0.39 is 27.7 Å². The number of carboxylic acids is 1. The van der Waals surface area contributed by atoms with Crippen LogP contribution in [-0.2, 0) is 14.8 Å². The first-order valence-electron chi connectivity index (χ1n) is 7.22. The Bertz CT molecular complexity index is 656. The molecule has 2 rings (SSSR count). The van der Waals surface area contributed by atoms with Gasteiger partial charge in [-0.15, -0.1) is 0 Å². The Labute approximate surface area is 129 Å². The molecule has 0 amide bonds. The van der Waals surface area contributed by atoms with E-state index in [-0.39, 0.29) is 22.1 Å². The van der Waals surface area contributed by atoms with Crippen molar-refractivity contribution < 1.29 is 22.7 Å². The van der Waals surface area contributed by atoms with E-state index in [9.17, 15) is 17.6 Å². The summed E-state index contributed by atoms with van der Waals surface area (Å²) in [5.74, 6) is -1.62. The minimum atomic E-state index is -3.72. The largest absolute Gasteiger partial charge is 0.481 e. The van der Waals surface area contributed by atoms with Crippen LogP contribution in [0.25, 0.3) is 0 Å². The molecule has 1 saturated carbocycles. The number of nitrogens with one attached hydrogen (secondary N) is 1. The maximum atomic E-state index is 13.6. The normalized spacial score (nSPS) is 22.5. The molecule has 2 N–H and O–H groups in total. The first-order chi connectivity index (χ1) is 10.2. The van der Waals surface area contributed by atoms with Crippen LogP contribution in [0.3, 0.4) is 0 Å². The summed E-state index contributed by atoms with van der Waals surface area (Å²) in [5, 5.41) is 8.95. The quantitative estimate of drug-likeness (QED) is 0.888. The summed E-state index contributed by atoms with van der Waals surface area (Å²) in [6, 6.07) is 2.35. The first-order valence-corrected chi connectivity index (χ1v) is 8.71. The number of aryl methyl sites for hydroxylation is 2. The van der Waals surface area contributed by atoms with Crippen molar-refractivity contribution in [3.05, 3.63) is 29.1 Å². The summed E-state index contributed by atoms with van der Waals surface area (Å²) in [6.07, 6.45) is 1.92. The number of hydrogen-bond donors (Lipinski definition) is 2. The van der Waals surface area contributed by atoms with Crippen LogP contribution in [0.4, 0.5) is 4.39 Å². The molecule has 0 heterocycles. The lowest BCUT2D eigenvalue weighted by Crippen LogP contribution is -2.38. The van der Waals surface area contributed by atoms with Crippen LogP contribution in [-0.4, -0.2) is 25.5 Å². The van der Waals surface area contributed by atoms with Crippen LogP contribution >= 0.6 is 0 Å². The fourth-order valence-electron chi connectivity index (χ4n) is 2.81. The third-order valence-electron chi connectivity index (χ3n) is 4.12. The van der Waals surface area contributed by atoms with Crippen molar-refractivity contribution in [2.75, 3.05) is 0 Å². The number of hydrogen-bond acceptors (Lipinski definition) is 3. The molecule has 0 spiro atoms. The predicted octanol–water partition coefficient (Wildman–Crippen LogP) is 2.36. The van der Waals surface area contributed by atoms with Gasteiger partial charge in [0.05, 0.1) is 10.8 Å². The molecule has 5 nitrogen and oxygen atoms in total. The molecule has 0 aromatic heterocycles. The fraction of sp³-hybridized carbons (Fsp3) is 0.533. The summed E-state index contributed by atoms with van der Waals surface area (Å²) in [4.78, 5) is 10.9. The molecule has 1 aliphatic carbocycles. The van der Waals surface area contributed by atoms with Crippen molar-refractivity contribution in [3.63, 3.8) is 0 Å². The summed E-state index contributed by atoms with van der Waals surface area (Å²) in [5.41, 5.74) is 0.574. The molecular weight excluding hydrogens is 309 g/mol. The van der Waals surface area contributed by atoms with E-state index in [1.165, 1.54) is 26.0 Å². The van der Waals surface area contributed by atoms with Gasteiger partial charge in [0.1, 0.15) is 5.82 Å². The van der Waals surface area contributed by atoms with Crippen LogP contribution in [0.15, 0.2) is 17.0 Å². The van der Waals surface area contributed by atoms with Crippen molar-refractivity contribution >= 4 is 16.0 Å². The number of benzene rings is 1. The molecule has 22 heavy (non-hydrogen) atoms. The number of halogens is 1. The van der Waals surface area contributed by atoms with E-state index >= 15 is 0 Å². The monoisotopic (exact) mass is 329 g/mol. The van der Waals surface area contributed by atoms with Crippen LogP contribution in [0.5, 0.6) is 0 Å². The highest BCUT2D eigenvalue weighted by Crippen LogP contribution is 2.26. The maximum absolute atomic E-state index is 13.6. The Kier molecular flexibility index (Phi) is 4.87. The van der Waals surface area contributed by atoms with Gasteiger partial charge in [-0.05, 0) is 62.8 Å². The topological polar surface area (TPSA) is 83.5 Å². The van der Waals surface area contributed by atoms with Crippen molar-refractivity contribution in [3.8, 4) is 0 Å². The Hall–Kier alpha value is -1.47. The number of sulfonamides is 1. The molecule has 122 valence electrons. The smallest absolute Gasteiger partial charge is 0.306 e. The van der Waals surface area contributed by atoms with E-state index in [1.54, 1.807) is 0 Å². The van der Waals surface area contributed by atoms with E-state index in [1.807, 2.05) is 0 Å². The molecule has 0 saturated heterocycles. The zero-order chi connectivity index (χ0) is 16.5. The minimum absolute atomic E-state index is 0.0456. The lowest BCUT2D eigenvalue weighted by molar-refractivity contribution is -0.142. The number of aliphatic carboxylic acids is 1. The third kappa shape index (κ3) is 3.64. The van der Waals surface area contributed by atoms with Crippen LogP contribution < -0.4 is 4.72 Å². The standard InChI is InChI=1S/C15H20FNO4S/c1-9-7-13(8-10(2)14(9)16)22(20,21)17-12-5-3-11(4-6-12)15(18)19/h7-8,11-12,17H,3-6H2,1-2H3,(H,18,19). The molecular formula is C15H20FNO4S. The van der Waals surface area contributed by atoms with Crippen molar-refractivity contribution in [2.24, 2.45) is 5.92 Å². The fourth-order valence-corrected chi connectivity index (χ4v) is 4.28. The molecule has 1 aliphatic rings. The summed E-state index contributed by atoms with van der Waals surface area (Å²) in [7, 11) is -3.72. The van der Waals surface area contributed by atoms with Crippen molar-refractivity contribution in [2.45, 2.75) is 50.5 Å². The van der Waals surface area contributed by atoms with Gasteiger partial charge < -0.3 is 5.11 Å². The maximum Gasteiger partial charge on any atom is 0.306 e. The average molecular weight is 329 g/mol. The average Bonchev–Trinajstić information content (AvgIpc) is 2.44. The zero-order valence-electron chi connectivity index (χ0n) is 12.6. The summed E-state index contributed by atoms with van der Waals surface area (Å²) < 4.78 is 41.0. The second-order valence-electron chi connectivity index (χ2n) is 5.88. The predicted molar refractivity (Wildman–Crippen MR) is 79.6 cm³/mol. The van der Waals surface area contributed by atoms with Gasteiger partial charge in [0.15, 0.2) is 0 Å². The van der Waals surface area contributed by atoms with Gasteiger partial charge >= 0.3 is 5.97 Å². The molecule has 0 bridgehead atoms. The highest BCUT2D eigenvalue weighted by Gasteiger charge is 2.29. The minimum Gasteiger partial charge on any atom is -0.481 e. The third-order valence-corrected chi connectivity index (χ3v) is 5.62. The van der Waals surface area contributed by atoms with Gasteiger partial charge in [0.2, 0.25) is 10.0 Å². The van der Waals surface area contributed by atoms with Gasteiger partial charge in [0.25, 0.3) is 0 Å². The first kappa shape index (κ1) is 16.9. The molecule has 1 aromatic rings. The molecule has 0 radical (unpaired) electrons. The second-order valence-corrected chi connectivity index (χ2v) is 7.59. The molecule has 0 unspecified atom stereocenters. The van der Waals surface area contributed by atoms with Gasteiger partial charge in [-0.25, -0.2) is 17.5 Å². The van der Waals surface area contributed by atoms with Crippen LogP contribution in [0.2, 0.25) is 0 Å². The van der Waals surface area contributed by atoms with Crippen LogP contribution in [0, 0.1) is 25.6 Å². The Morgan fingerprint density at radius 3 is 2.14 bits per heavy atom. The zero-order valence-corrected chi connectivity index (χ0v) is 13.4. The summed E-state index contributed by atoms with van der Waals surface area (Å²) >= 11 is 0. The Morgan fingerprint density at radius 2 is 1.68 bits per heavy atom. The molecule has 1 fully saturated rings. The Balaban J connectivity index is 2.11. The molecule has 0 atom stereocenters. The van der Waals surface area contributed by atoms with Crippen molar-refractivity contribution in [1.29, 1.82) is 0 Å². The molecule has 7 heteroatoms. The summed E-state index contributed by atoms with van der Waals surface area (Å²) in [6.45, 7) is 3.05. The second kappa shape index (κ2) is 6.34. The number of rotatable bonds is 4. The van der Waals surface area contributed by atoms with E-state index in [4.69, 9.17) is 5.11 Å². The Morgan fingerprint density at radius 1 is 1.18 bits per heavy atom. The highest BCUT2D eigenvalue weighted by atomic mass is 32.2. The van der Waals surface area contributed by atoms with Gasteiger partial charge in [-0.1, -0.05) is 0 Å². The molecule has 0 aliphatic heterocycles. The van der Waals surface area contributed by atoms with E-state index in [0.29, 0.717) is 25.7 Å². The SMILES string of the molecule is Cc1cc(S(=O)(=O)NC2CCC(C(=O)O)CC2)cc(C)c1F. The number of carbonyl (C=O) groups is 1. The van der Waals surface area contributed by atoms with E-state index in [0.717, 1.165) is 0 Å². The van der Waals surface area contributed by atoms with Crippen molar-refractivity contribution in [1.82, 2.24) is 4.72 Å². The van der Waals surface area contributed by atoms with Crippen LogP contribution in [0.1, 0.15) is 36.8 Å². The lowest BCUT2D eigenvalue weighted by Gasteiger charge is -2.26. The van der Waals surface area contributed by atoms with Gasteiger partial charge in [-0.3, -0.25) is 4.79 Å². The lowest BCUT2D eigenvalue weighted by atomic mass is 9.87. The van der Waals surface area contributed by atoms with E-state index in [2.05, 4.69) is 4.72 Å².